The van der Waals surface area contributed by atoms with Gasteiger partial charge in [-0.1, -0.05) is 36.4 Å². The van der Waals surface area contributed by atoms with Crippen molar-refractivity contribution < 1.29 is 10.4 Å². The lowest BCUT2D eigenvalue weighted by Gasteiger charge is -2.30. The zero-order valence-electron chi connectivity index (χ0n) is 10.3. The molecular weight excluding hydrogens is 210 g/mol. The second-order valence-corrected chi connectivity index (χ2v) is 4.97. The van der Waals surface area contributed by atoms with E-state index in [-0.39, 0.29) is 6.10 Å². The molecule has 0 heterocycles. The van der Waals surface area contributed by atoms with E-state index in [0.717, 1.165) is 25.8 Å². The Bertz CT molecular complexity index is 349. The largest absolute Gasteiger partial charge is 0.387 e. The summed E-state index contributed by atoms with van der Waals surface area (Å²) in [5.74, 6) is 0.579. The lowest BCUT2D eigenvalue weighted by molar-refractivity contribution is -0.714. The standard InChI is InChI=1S/C15H21NO/c1-2-12-8-9-15(17)14(10-12)16-11-13-6-4-3-5-7-13/h2-7,12,14-17H,1,8-11H2/p+1/t12-,14+,15+/m0/s1. The van der Waals surface area contributed by atoms with Crippen LogP contribution in [0.4, 0.5) is 0 Å². The molecule has 3 N–H and O–H groups in total. The minimum atomic E-state index is -0.157. The van der Waals surface area contributed by atoms with Crippen molar-refractivity contribution >= 4 is 0 Å². The molecule has 0 aromatic heterocycles. The molecule has 2 heteroatoms. The Balaban J connectivity index is 1.87. The summed E-state index contributed by atoms with van der Waals surface area (Å²) in [6, 6.07) is 10.8. The van der Waals surface area contributed by atoms with E-state index in [0.29, 0.717) is 12.0 Å². The highest BCUT2D eigenvalue weighted by Gasteiger charge is 2.30. The normalized spacial score (nSPS) is 28.9. The summed E-state index contributed by atoms with van der Waals surface area (Å²) in [7, 11) is 0. The third-order valence-electron chi connectivity index (χ3n) is 3.73. The quantitative estimate of drug-likeness (QED) is 0.758. The number of allylic oxidation sites excluding steroid dienone is 1. The number of quaternary nitrogens is 1. The summed E-state index contributed by atoms with van der Waals surface area (Å²) < 4.78 is 0. The molecule has 17 heavy (non-hydrogen) atoms. The summed E-state index contributed by atoms with van der Waals surface area (Å²) in [6.45, 7) is 4.82. The fraction of sp³-hybridized carbons (Fsp3) is 0.467. The van der Waals surface area contributed by atoms with Crippen LogP contribution in [-0.4, -0.2) is 17.3 Å². The first-order valence-corrected chi connectivity index (χ1v) is 6.47. The van der Waals surface area contributed by atoms with E-state index >= 15 is 0 Å². The van der Waals surface area contributed by atoms with Gasteiger partial charge in [0.15, 0.2) is 0 Å². The Labute approximate surface area is 103 Å². The van der Waals surface area contributed by atoms with Gasteiger partial charge in [0, 0.05) is 12.0 Å². The average molecular weight is 232 g/mol. The van der Waals surface area contributed by atoms with Crippen molar-refractivity contribution in [1.82, 2.24) is 0 Å². The van der Waals surface area contributed by atoms with Crippen molar-refractivity contribution in [2.75, 3.05) is 0 Å². The highest BCUT2D eigenvalue weighted by Crippen LogP contribution is 2.23. The molecule has 2 rings (SSSR count). The van der Waals surface area contributed by atoms with Gasteiger partial charge in [0.2, 0.25) is 0 Å². The molecular formula is C15H22NO+. The molecule has 0 unspecified atom stereocenters. The Morgan fingerprint density at radius 3 is 2.76 bits per heavy atom. The SMILES string of the molecule is C=C[C@H]1CC[C@@H](O)[C@H]([NH2+]Cc2ccccc2)C1. The zero-order valence-corrected chi connectivity index (χ0v) is 10.3. The predicted octanol–water partition coefficient (Wildman–Crippen LogP) is 1.47. The van der Waals surface area contributed by atoms with Gasteiger partial charge >= 0.3 is 0 Å². The van der Waals surface area contributed by atoms with Gasteiger partial charge in [-0.25, -0.2) is 0 Å². The van der Waals surface area contributed by atoms with Crippen molar-refractivity contribution in [3.8, 4) is 0 Å². The van der Waals surface area contributed by atoms with Crippen LogP contribution in [0.3, 0.4) is 0 Å². The number of aliphatic hydroxyl groups excluding tert-OH is 1. The van der Waals surface area contributed by atoms with Crippen molar-refractivity contribution in [2.45, 2.75) is 38.0 Å². The molecule has 1 aromatic rings. The first-order chi connectivity index (χ1) is 8.29. The summed E-state index contributed by atoms with van der Waals surface area (Å²) in [4.78, 5) is 0. The summed E-state index contributed by atoms with van der Waals surface area (Å²) in [5.41, 5.74) is 1.32. The van der Waals surface area contributed by atoms with E-state index in [4.69, 9.17) is 0 Å². The van der Waals surface area contributed by atoms with E-state index in [2.05, 4.69) is 36.2 Å². The molecule has 0 bridgehead atoms. The predicted molar refractivity (Wildman–Crippen MR) is 69.4 cm³/mol. The molecule has 1 aliphatic carbocycles. The number of aliphatic hydroxyl groups is 1. The molecule has 2 nitrogen and oxygen atoms in total. The highest BCUT2D eigenvalue weighted by molar-refractivity contribution is 5.13. The fourth-order valence-electron chi connectivity index (χ4n) is 2.59. The number of rotatable bonds is 4. The van der Waals surface area contributed by atoms with Gasteiger partial charge < -0.3 is 10.4 Å². The van der Waals surface area contributed by atoms with Crippen LogP contribution in [0.15, 0.2) is 43.0 Å². The topological polar surface area (TPSA) is 36.8 Å². The Morgan fingerprint density at radius 2 is 2.06 bits per heavy atom. The van der Waals surface area contributed by atoms with Crippen LogP contribution in [-0.2, 0) is 6.54 Å². The molecule has 0 radical (unpaired) electrons. The van der Waals surface area contributed by atoms with Crippen molar-refractivity contribution in [3.63, 3.8) is 0 Å². The Kier molecular flexibility index (Phi) is 4.35. The lowest BCUT2D eigenvalue weighted by atomic mass is 9.84. The van der Waals surface area contributed by atoms with Crippen LogP contribution in [0.2, 0.25) is 0 Å². The number of hydrogen-bond donors (Lipinski definition) is 2. The van der Waals surface area contributed by atoms with Gasteiger partial charge in [-0.2, -0.15) is 0 Å². The third kappa shape index (κ3) is 3.42. The van der Waals surface area contributed by atoms with Crippen molar-refractivity contribution in [1.29, 1.82) is 0 Å². The maximum atomic E-state index is 9.99. The molecule has 92 valence electrons. The second-order valence-electron chi connectivity index (χ2n) is 4.97. The van der Waals surface area contributed by atoms with Crippen LogP contribution >= 0.6 is 0 Å². The van der Waals surface area contributed by atoms with Crippen LogP contribution < -0.4 is 5.32 Å². The van der Waals surface area contributed by atoms with E-state index in [1.807, 2.05) is 12.1 Å². The smallest absolute Gasteiger partial charge is 0.113 e. The monoisotopic (exact) mass is 232 g/mol. The van der Waals surface area contributed by atoms with Gasteiger partial charge in [-0.05, 0) is 18.8 Å². The second kappa shape index (κ2) is 5.99. The van der Waals surface area contributed by atoms with Gasteiger partial charge in [-0.15, -0.1) is 6.58 Å². The molecule has 0 spiro atoms. The lowest BCUT2D eigenvalue weighted by Crippen LogP contribution is -2.91. The van der Waals surface area contributed by atoms with E-state index in [9.17, 15) is 5.11 Å². The minimum absolute atomic E-state index is 0.157. The molecule has 0 amide bonds. The molecule has 1 aromatic carbocycles. The van der Waals surface area contributed by atoms with Gasteiger partial charge in [0.25, 0.3) is 0 Å². The molecule has 0 saturated heterocycles. The first kappa shape index (κ1) is 12.3. The molecule has 1 saturated carbocycles. The van der Waals surface area contributed by atoms with Crippen LogP contribution in [0.25, 0.3) is 0 Å². The summed E-state index contributed by atoms with van der Waals surface area (Å²) in [5, 5.41) is 12.3. The number of nitrogens with two attached hydrogens (primary N) is 1. The number of benzene rings is 1. The molecule has 0 aliphatic heterocycles. The summed E-state index contributed by atoms with van der Waals surface area (Å²) >= 11 is 0. The van der Waals surface area contributed by atoms with Gasteiger partial charge in [0.1, 0.15) is 18.7 Å². The molecule has 3 atom stereocenters. The molecule has 1 fully saturated rings. The number of hydrogen-bond acceptors (Lipinski definition) is 1. The first-order valence-electron chi connectivity index (χ1n) is 6.47. The summed E-state index contributed by atoms with van der Waals surface area (Å²) in [6.07, 6.45) is 4.93. The average Bonchev–Trinajstić information content (AvgIpc) is 2.39. The van der Waals surface area contributed by atoms with Gasteiger partial charge in [-0.3, -0.25) is 0 Å². The van der Waals surface area contributed by atoms with Crippen LogP contribution in [0, 0.1) is 5.92 Å². The Morgan fingerprint density at radius 1 is 1.29 bits per heavy atom. The zero-order chi connectivity index (χ0) is 12.1. The van der Waals surface area contributed by atoms with Crippen LogP contribution in [0.1, 0.15) is 24.8 Å². The highest BCUT2D eigenvalue weighted by atomic mass is 16.3. The van der Waals surface area contributed by atoms with Gasteiger partial charge in [0.05, 0.1) is 0 Å². The van der Waals surface area contributed by atoms with E-state index < -0.39 is 0 Å². The van der Waals surface area contributed by atoms with Crippen molar-refractivity contribution in [2.24, 2.45) is 5.92 Å². The van der Waals surface area contributed by atoms with Crippen LogP contribution in [0.5, 0.6) is 0 Å². The van der Waals surface area contributed by atoms with E-state index in [1.165, 1.54) is 5.56 Å². The third-order valence-corrected chi connectivity index (χ3v) is 3.73. The minimum Gasteiger partial charge on any atom is -0.387 e. The maximum Gasteiger partial charge on any atom is 0.113 e. The van der Waals surface area contributed by atoms with Crippen molar-refractivity contribution in [3.05, 3.63) is 48.6 Å². The van der Waals surface area contributed by atoms with E-state index in [1.54, 1.807) is 0 Å². The fourth-order valence-corrected chi connectivity index (χ4v) is 2.59. The molecule has 1 aliphatic rings. The Hall–Kier alpha value is -1.12. The maximum absolute atomic E-state index is 9.99.